The Hall–Kier alpha value is -3.90. The SMILES string of the molecule is O=C(O)C(F)(F)F.O=C(c1ccc(OCc2ccccc2CS(=O)(=O)c2ccccc2)cc1)N1CCCC1CN1CCCC1. The van der Waals surface area contributed by atoms with Gasteiger partial charge in [-0.3, -0.25) is 4.79 Å². The van der Waals surface area contributed by atoms with E-state index in [-0.39, 0.29) is 18.3 Å². The van der Waals surface area contributed by atoms with E-state index in [1.807, 2.05) is 53.4 Å². The summed E-state index contributed by atoms with van der Waals surface area (Å²) in [5.74, 6) is -2.11. The Balaban J connectivity index is 0.000000566. The molecule has 44 heavy (non-hydrogen) atoms. The fourth-order valence-electron chi connectivity index (χ4n) is 5.33. The minimum absolute atomic E-state index is 0.0849. The van der Waals surface area contributed by atoms with Gasteiger partial charge in [0.05, 0.1) is 10.6 Å². The zero-order chi connectivity index (χ0) is 31.7. The molecule has 1 amide bonds. The summed E-state index contributed by atoms with van der Waals surface area (Å²) in [6, 6.07) is 23.5. The molecule has 1 atom stereocenters. The third-order valence-electron chi connectivity index (χ3n) is 7.61. The van der Waals surface area contributed by atoms with E-state index in [1.54, 1.807) is 30.3 Å². The van der Waals surface area contributed by atoms with E-state index >= 15 is 0 Å². The molecule has 2 aliphatic heterocycles. The van der Waals surface area contributed by atoms with Crippen molar-refractivity contribution in [1.29, 1.82) is 0 Å². The van der Waals surface area contributed by atoms with Crippen molar-refractivity contribution in [2.75, 3.05) is 26.2 Å². The van der Waals surface area contributed by atoms with Crippen LogP contribution in [0.4, 0.5) is 13.2 Å². The number of carboxylic acid groups (broad SMARTS) is 1. The molecule has 0 spiro atoms. The lowest BCUT2D eigenvalue weighted by Gasteiger charge is -2.28. The summed E-state index contributed by atoms with van der Waals surface area (Å²) in [6.07, 6.45) is -0.432. The van der Waals surface area contributed by atoms with Gasteiger partial charge in [0, 0.05) is 24.7 Å². The first-order valence-corrected chi connectivity index (χ1v) is 16.0. The second-order valence-electron chi connectivity index (χ2n) is 10.8. The summed E-state index contributed by atoms with van der Waals surface area (Å²) < 4.78 is 63.5. The van der Waals surface area contributed by atoms with Crippen LogP contribution in [0.15, 0.2) is 83.8 Å². The molecule has 236 valence electrons. The van der Waals surface area contributed by atoms with Crippen molar-refractivity contribution in [2.24, 2.45) is 0 Å². The van der Waals surface area contributed by atoms with Gasteiger partial charge in [-0.25, -0.2) is 13.2 Å². The van der Waals surface area contributed by atoms with Crippen molar-refractivity contribution >= 4 is 21.7 Å². The van der Waals surface area contributed by atoms with Crippen LogP contribution in [0.2, 0.25) is 0 Å². The fraction of sp³-hybridized carbons (Fsp3) is 0.375. The van der Waals surface area contributed by atoms with Crippen molar-refractivity contribution < 1.29 is 41.0 Å². The van der Waals surface area contributed by atoms with Gasteiger partial charge in [0.1, 0.15) is 12.4 Å². The summed E-state index contributed by atoms with van der Waals surface area (Å²) in [6.45, 7) is 4.33. The zero-order valence-corrected chi connectivity index (χ0v) is 24.9. The summed E-state index contributed by atoms with van der Waals surface area (Å²) >= 11 is 0. The number of hydrogen-bond donors (Lipinski definition) is 1. The molecule has 12 heteroatoms. The molecule has 0 aliphatic carbocycles. The molecule has 2 aliphatic rings. The summed E-state index contributed by atoms with van der Waals surface area (Å²) in [5.41, 5.74) is 2.22. The average Bonchev–Trinajstić information content (AvgIpc) is 3.69. The maximum atomic E-state index is 13.2. The van der Waals surface area contributed by atoms with Gasteiger partial charge in [0.25, 0.3) is 5.91 Å². The molecule has 3 aromatic carbocycles. The van der Waals surface area contributed by atoms with E-state index in [1.165, 1.54) is 12.8 Å². The summed E-state index contributed by atoms with van der Waals surface area (Å²) in [4.78, 5) is 27.0. The normalized spacial score (nSPS) is 17.2. The third-order valence-corrected chi connectivity index (χ3v) is 9.29. The predicted octanol–water partition coefficient (Wildman–Crippen LogP) is 5.57. The lowest BCUT2D eigenvalue weighted by molar-refractivity contribution is -0.192. The molecule has 0 saturated carbocycles. The molecule has 2 heterocycles. The topological polar surface area (TPSA) is 104 Å². The standard InChI is InChI=1S/C30H34N2O4S.C2HF3O2/c33-30(32-20-8-11-27(32)21-31-18-6-7-19-31)24-14-16-28(17-15-24)36-22-25-9-4-5-10-26(25)23-37(34,35)29-12-2-1-3-13-29;3-2(4,5)1(6)7/h1-5,9-10,12-17,27H,6-8,11,18-23H2;(H,6,7). The molecule has 0 radical (unpaired) electrons. The lowest BCUT2D eigenvalue weighted by atomic mass is 10.1. The van der Waals surface area contributed by atoms with Crippen molar-refractivity contribution in [2.45, 2.75) is 55.2 Å². The first-order chi connectivity index (χ1) is 20.9. The smallest absolute Gasteiger partial charge is 0.489 e. The molecular weight excluding hydrogens is 597 g/mol. The molecule has 1 unspecified atom stereocenters. The van der Waals surface area contributed by atoms with E-state index in [4.69, 9.17) is 14.6 Å². The van der Waals surface area contributed by atoms with E-state index in [0.717, 1.165) is 50.1 Å². The Bertz CT molecular complexity index is 1510. The van der Waals surface area contributed by atoms with Gasteiger partial charge >= 0.3 is 12.1 Å². The van der Waals surface area contributed by atoms with Gasteiger partial charge in [-0.05, 0) is 86.3 Å². The monoisotopic (exact) mass is 632 g/mol. The van der Waals surface area contributed by atoms with Gasteiger partial charge in [0.2, 0.25) is 0 Å². The van der Waals surface area contributed by atoms with Crippen molar-refractivity contribution in [3.63, 3.8) is 0 Å². The largest absolute Gasteiger partial charge is 0.490 e. The number of alkyl halides is 3. The van der Waals surface area contributed by atoms with Crippen molar-refractivity contribution in [3.8, 4) is 5.75 Å². The second-order valence-corrected chi connectivity index (χ2v) is 12.7. The fourth-order valence-corrected chi connectivity index (χ4v) is 6.76. The van der Waals surface area contributed by atoms with E-state index in [9.17, 15) is 26.4 Å². The maximum absolute atomic E-state index is 13.2. The molecule has 0 bridgehead atoms. The Morgan fingerprint density at radius 2 is 1.43 bits per heavy atom. The highest BCUT2D eigenvalue weighted by Crippen LogP contribution is 2.25. The number of aliphatic carboxylic acids is 1. The maximum Gasteiger partial charge on any atom is 0.490 e. The number of rotatable bonds is 9. The molecule has 0 aromatic heterocycles. The van der Waals surface area contributed by atoms with Gasteiger partial charge in [-0.15, -0.1) is 0 Å². The number of carbonyl (C=O) groups is 2. The number of halogens is 3. The number of nitrogens with zero attached hydrogens (tertiary/aromatic N) is 2. The number of amides is 1. The number of likely N-dealkylation sites (tertiary alicyclic amines) is 2. The Kier molecular flexibility index (Phi) is 11.0. The zero-order valence-electron chi connectivity index (χ0n) is 24.1. The Labute approximate surface area is 255 Å². The Morgan fingerprint density at radius 3 is 2.05 bits per heavy atom. The lowest BCUT2D eigenvalue weighted by Crippen LogP contribution is -2.42. The third kappa shape index (κ3) is 9.06. The van der Waals surface area contributed by atoms with E-state index in [0.29, 0.717) is 22.3 Å². The minimum atomic E-state index is -5.08. The van der Waals surface area contributed by atoms with Gasteiger partial charge in [0.15, 0.2) is 9.84 Å². The van der Waals surface area contributed by atoms with Gasteiger partial charge < -0.3 is 19.6 Å². The number of ether oxygens (including phenoxy) is 1. The van der Waals surface area contributed by atoms with Crippen LogP contribution in [0.1, 0.15) is 47.2 Å². The first kappa shape index (κ1) is 33.0. The van der Waals surface area contributed by atoms with Crippen LogP contribution >= 0.6 is 0 Å². The molecule has 5 rings (SSSR count). The summed E-state index contributed by atoms with van der Waals surface area (Å²) in [5, 5.41) is 7.12. The van der Waals surface area contributed by atoms with Crippen LogP contribution in [0, 0.1) is 0 Å². The molecule has 8 nitrogen and oxygen atoms in total. The van der Waals surface area contributed by atoms with Crippen LogP contribution in [-0.2, 0) is 27.0 Å². The number of hydrogen-bond acceptors (Lipinski definition) is 6. The summed E-state index contributed by atoms with van der Waals surface area (Å²) in [7, 11) is -3.46. The molecular formula is C32H35F3N2O6S. The quantitative estimate of drug-likeness (QED) is 0.329. The van der Waals surface area contributed by atoms with Crippen molar-refractivity contribution in [1.82, 2.24) is 9.80 Å². The average molecular weight is 633 g/mol. The van der Waals surface area contributed by atoms with Crippen LogP contribution in [0.3, 0.4) is 0 Å². The van der Waals surface area contributed by atoms with Gasteiger partial charge in [-0.1, -0.05) is 42.5 Å². The first-order valence-electron chi connectivity index (χ1n) is 14.3. The molecule has 2 fully saturated rings. The van der Waals surface area contributed by atoms with Crippen LogP contribution < -0.4 is 4.74 Å². The van der Waals surface area contributed by atoms with E-state index < -0.39 is 22.0 Å². The molecule has 1 N–H and O–H groups in total. The Morgan fingerprint density at radius 1 is 0.841 bits per heavy atom. The van der Waals surface area contributed by atoms with Crippen molar-refractivity contribution in [3.05, 3.63) is 95.6 Å². The number of benzene rings is 3. The molecule has 2 saturated heterocycles. The van der Waals surface area contributed by atoms with Gasteiger partial charge in [-0.2, -0.15) is 13.2 Å². The highest BCUT2D eigenvalue weighted by atomic mass is 32.2. The number of carbonyl (C=O) groups excluding carboxylic acids is 1. The highest BCUT2D eigenvalue weighted by molar-refractivity contribution is 7.90. The number of carboxylic acids is 1. The molecule has 3 aromatic rings. The number of sulfone groups is 1. The minimum Gasteiger partial charge on any atom is -0.489 e. The second kappa shape index (κ2) is 14.7. The van der Waals surface area contributed by atoms with E-state index in [2.05, 4.69) is 4.90 Å². The highest BCUT2D eigenvalue weighted by Gasteiger charge is 2.38. The van der Waals surface area contributed by atoms with Crippen LogP contribution in [0.25, 0.3) is 0 Å². The van der Waals surface area contributed by atoms with Crippen LogP contribution in [0.5, 0.6) is 5.75 Å². The predicted molar refractivity (Wildman–Crippen MR) is 158 cm³/mol. The van der Waals surface area contributed by atoms with Crippen LogP contribution in [-0.4, -0.2) is 73.6 Å².